The number of likely N-dealkylation sites (tertiary alicyclic amines) is 1. The molecule has 0 saturated carbocycles. The van der Waals surface area contributed by atoms with Gasteiger partial charge in [0.05, 0.1) is 6.04 Å². The molecule has 3 aromatic carbocycles. The van der Waals surface area contributed by atoms with Gasteiger partial charge < -0.3 is 15.5 Å². The van der Waals surface area contributed by atoms with E-state index >= 15 is 0 Å². The Morgan fingerprint density at radius 1 is 0.884 bits per heavy atom. The normalized spacial score (nSPS) is 18.1. The zero-order chi connectivity index (χ0) is 30.4. The number of halogens is 4. The van der Waals surface area contributed by atoms with Crippen molar-refractivity contribution in [3.63, 3.8) is 0 Å². The van der Waals surface area contributed by atoms with E-state index in [-0.39, 0.29) is 28.5 Å². The smallest absolute Gasteiger partial charge is 0.339 e. The van der Waals surface area contributed by atoms with Gasteiger partial charge in [0.25, 0.3) is 0 Å². The van der Waals surface area contributed by atoms with E-state index in [0.29, 0.717) is 38.3 Å². The molecule has 43 heavy (non-hydrogen) atoms. The highest BCUT2D eigenvalue weighted by Crippen LogP contribution is 2.39. The first kappa shape index (κ1) is 31.9. The quantitative estimate of drug-likeness (QED) is 0.272. The van der Waals surface area contributed by atoms with Gasteiger partial charge >= 0.3 is 5.51 Å². The third-order valence-electron chi connectivity index (χ3n) is 8.55. The molecule has 0 spiro atoms. The lowest BCUT2D eigenvalue weighted by Gasteiger charge is -2.39. The Balaban J connectivity index is 1.08. The number of piperidine rings is 1. The molecule has 0 unspecified atom stereocenters. The molecule has 2 fully saturated rings. The molecule has 2 saturated heterocycles. The van der Waals surface area contributed by atoms with Crippen molar-refractivity contribution in [2.24, 2.45) is 11.7 Å². The minimum Gasteiger partial charge on any atom is -0.339 e. The third-order valence-corrected chi connectivity index (χ3v) is 9.64. The second-order valence-electron chi connectivity index (χ2n) is 11.4. The van der Waals surface area contributed by atoms with Gasteiger partial charge in [0.2, 0.25) is 5.91 Å². The van der Waals surface area contributed by atoms with Crippen LogP contribution in [0.25, 0.3) is 11.1 Å². The van der Waals surface area contributed by atoms with Crippen LogP contribution >= 0.6 is 23.4 Å². The number of rotatable bonds is 9. The SMILES string of the molecule is N[C@@H](C(=O)N1CCN(Cc2ccccc2SC(F)(F)F)CC1)C1CCN(CCc2cc(Cl)ccc2-c2ccccc2)CC1. The van der Waals surface area contributed by atoms with E-state index < -0.39 is 11.6 Å². The van der Waals surface area contributed by atoms with Crippen LogP contribution in [-0.2, 0) is 17.8 Å². The maximum atomic E-state index is 13.3. The van der Waals surface area contributed by atoms with Crippen LogP contribution < -0.4 is 5.73 Å². The molecule has 2 aliphatic heterocycles. The highest BCUT2D eigenvalue weighted by atomic mass is 35.5. The summed E-state index contributed by atoms with van der Waals surface area (Å²) < 4.78 is 38.9. The lowest BCUT2D eigenvalue weighted by atomic mass is 9.88. The molecule has 1 atom stereocenters. The van der Waals surface area contributed by atoms with Gasteiger partial charge in [-0.25, -0.2) is 0 Å². The Labute approximate surface area is 261 Å². The van der Waals surface area contributed by atoms with E-state index in [1.54, 1.807) is 18.2 Å². The monoisotopic (exact) mass is 630 g/mol. The molecule has 1 amide bonds. The van der Waals surface area contributed by atoms with Crippen molar-refractivity contribution in [1.29, 1.82) is 0 Å². The Morgan fingerprint density at radius 3 is 2.26 bits per heavy atom. The van der Waals surface area contributed by atoms with Crippen molar-refractivity contribution in [3.05, 3.63) is 88.9 Å². The van der Waals surface area contributed by atoms with Crippen LogP contribution in [0.5, 0.6) is 0 Å². The van der Waals surface area contributed by atoms with Gasteiger partial charge in [0.1, 0.15) is 0 Å². The van der Waals surface area contributed by atoms with Gasteiger partial charge in [-0.2, -0.15) is 13.2 Å². The number of nitrogens with two attached hydrogens (primary N) is 1. The minimum absolute atomic E-state index is 0.0162. The zero-order valence-electron chi connectivity index (χ0n) is 24.1. The second kappa shape index (κ2) is 14.5. The minimum atomic E-state index is -4.32. The molecule has 5 rings (SSSR count). The predicted molar refractivity (Wildman–Crippen MR) is 168 cm³/mol. The van der Waals surface area contributed by atoms with Gasteiger partial charge in [-0.05, 0) is 90.5 Å². The molecule has 2 heterocycles. The van der Waals surface area contributed by atoms with Crippen molar-refractivity contribution >= 4 is 29.3 Å². The van der Waals surface area contributed by atoms with Crippen LogP contribution in [0.15, 0.2) is 77.7 Å². The molecule has 230 valence electrons. The van der Waals surface area contributed by atoms with E-state index in [0.717, 1.165) is 43.9 Å². The molecule has 0 radical (unpaired) electrons. The number of benzene rings is 3. The molecule has 5 nitrogen and oxygen atoms in total. The molecule has 10 heteroatoms. The summed E-state index contributed by atoms with van der Waals surface area (Å²) in [4.78, 5) is 19.9. The van der Waals surface area contributed by atoms with Gasteiger partial charge in [0, 0.05) is 49.2 Å². The summed E-state index contributed by atoms with van der Waals surface area (Å²) in [5.74, 6) is 0.122. The average molecular weight is 631 g/mol. The summed E-state index contributed by atoms with van der Waals surface area (Å²) in [6.07, 6.45) is 2.65. The Hall–Kier alpha value is -2.56. The Kier molecular flexibility index (Phi) is 10.7. The first-order chi connectivity index (χ1) is 20.7. The number of piperazine rings is 1. The lowest BCUT2D eigenvalue weighted by Crippen LogP contribution is -2.55. The van der Waals surface area contributed by atoms with Crippen molar-refractivity contribution < 1.29 is 18.0 Å². The van der Waals surface area contributed by atoms with E-state index in [9.17, 15) is 18.0 Å². The van der Waals surface area contributed by atoms with Crippen molar-refractivity contribution in [2.75, 3.05) is 45.8 Å². The second-order valence-corrected chi connectivity index (χ2v) is 12.9. The van der Waals surface area contributed by atoms with Crippen molar-refractivity contribution in [2.45, 2.75) is 42.3 Å². The fourth-order valence-electron chi connectivity index (χ4n) is 6.12. The molecule has 0 bridgehead atoms. The number of hydrogen-bond donors (Lipinski definition) is 1. The predicted octanol–water partition coefficient (Wildman–Crippen LogP) is 6.55. The largest absolute Gasteiger partial charge is 0.446 e. The standard InChI is InChI=1S/C33H38ClF3N4OS/c34-28-10-11-29(24-6-2-1-3-7-24)26(22-28)14-17-39-15-12-25(13-16-39)31(38)32(42)41-20-18-40(19-21-41)23-27-8-4-5-9-30(27)43-33(35,36)37/h1-11,22,25,31H,12-21,23,38H2/t31-/m1/s1. The molecule has 3 aromatic rings. The highest BCUT2D eigenvalue weighted by Gasteiger charge is 2.33. The summed E-state index contributed by atoms with van der Waals surface area (Å²) in [7, 11) is 0. The summed E-state index contributed by atoms with van der Waals surface area (Å²) in [6.45, 7) is 5.42. The maximum Gasteiger partial charge on any atom is 0.446 e. The van der Waals surface area contributed by atoms with E-state index in [1.165, 1.54) is 22.8 Å². The van der Waals surface area contributed by atoms with Crippen LogP contribution in [0.1, 0.15) is 24.0 Å². The van der Waals surface area contributed by atoms with Gasteiger partial charge in [-0.3, -0.25) is 9.69 Å². The zero-order valence-corrected chi connectivity index (χ0v) is 25.7. The Morgan fingerprint density at radius 2 is 1.56 bits per heavy atom. The fourth-order valence-corrected chi connectivity index (χ4v) is 6.98. The van der Waals surface area contributed by atoms with Gasteiger partial charge in [-0.1, -0.05) is 66.2 Å². The van der Waals surface area contributed by atoms with Crippen molar-refractivity contribution in [3.8, 4) is 11.1 Å². The first-order valence-electron chi connectivity index (χ1n) is 14.8. The maximum absolute atomic E-state index is 13.3. The molecule has 2 N–H and O–H groups in total. The topological polar surface area (TPSA) is 52.8 Å². The summed E-state index contributed by atoms with van der Waals surface area (Å²) in [5.41, 5.74) is 6.47. The van der Waals surface area contributed by atoms with Crippen LogP contribution in [0.2, 0.25) is 5.02 Å². The molecular weight excluding hydrogens is 593 g/mol. The number of alkyl halides is 3. The van der Waals surface area contributed by atoms with Gasteiger partial charge in [-0.15, -0.1) is 0 Å². The number of carbonyl (C=O) groups is 1. The van der Waals surface area contributed by atoms with Crippen LogP contribution in [-0.4, -0.2) is 78.0 Å². The fraction of sp³-hybridized carbons (Fsp3) is 0.424. The average Bonchev–Trinajstić information content (AvgIpc) is 3.01. The summed E-state index contributed by atoms with van der Waals surface area (Å²) in [5, 5.41) is 0.740. The van der Waals surface area contributed by atoms with Crippen LogP contribution in [0.4, 0.5) is 13.2 Å². The number of nitrogens with zero attached hydrogens (tertiary/aromatic N) is 3. The molecule has 0 aliphatic carbocycles. The third kappa shape index (κ3) is 8.76. The van der Waals surface area contributed by atoms with Crippen LogP contribution in [0.3, 0.4) is 0 Å². The van der Waals surface area contributed by atoms with Crippen molar-refractivity contribution in [1.82, 2.24) is 14.7 Å². The number of hydrogen-bond acceptors (Lipinski definition) is 5. The van der Waals surface area contributed by atoms with Crippen LogP contribution in [0, 0.1) is 5.92 Å². The van der Waals surface area contributed by atoms with E-state index in [4.69, 9.17) is 17.3 Å². The van der Waals surface area contributed by atoms with E-state index in [2.05, 4.69) is 34.1 Å². The molecule has 2 aliphatic rings. The number of carbonyl (C=O) groups excluding carboxylic acids is 1. The Bertz CT molecular complexity index is 1360. The summed E-state index contributed by atoms with van der Waals surface area (Å²) in [6, 6.07) is 22.5. The molecule has 0 aromatic heterocycles. The lowest BCUT2D eigenvalue weighted by molar-refractivity contribution is -0.136. The van der Waals surface area contributed by atoms with Gasteiger partial charge in [0.15, 0.2) is 0 Å². The number of thioether (sulfide) groups is 1. The summed E-state index contributed by atoms with van der Waals surface area (Å²) >= 11 is 6.27. The molecular formula is C33H38ClF3N4OS. The highest BCUT2D eigenvalue weighted by molar-refractivity contribution is 8.00. The number of amides is 1. The van der Waals surface area contributed by atoms with E-state index in [1.807, 2.05) is 29.2 Å². The first-order valence-corrected chi connectivity index (χ1v) is 16.0.